The molecule has 74 valence electrons. The fraction of sp³-hybridized carbons (Fsp3) is 0.364. The Kier molecular flexibility index (Phi) is 4.48. The second-order valence-corrected chi connectivity index (χ2v) is 4.08. The number of nitriles is 1. The van der Waals surface area contributed by atoms with E-state index in [1.807, 2.05) is 6.07 Å². The average Bonchev–Trinajstić information content (AvgIpc) is 2.21. The lowest BCUT2D eigenvalue weighted by molar-refractivity contribution is 0.623. The molecule has 0 aromatic heterocycles. The molecule has 0 unspecified atom stereocenters. The monoisotopic (exact) mass is 209 g/mol. The first-order valence-corrected chi connectivity index (χ1v) is 5.69. The fourth-order valence-corrected chi connectivity index (χ4v) is 1.93. The van der Waals surface area contributed by atoms with Gasteiger partial charge in [-0.2, -0.15) is 17.0 Å². The molecule has 0 fully saturated rings. The number of hydrogen-bond donors (Lipinski definition) is 0. The highest BCUT2D eigenvalue weighted by Gasteiger charge is 2.02. The minimum Gasteiger partial charge on any atom is -0.206 e. The summed E-state index contributed by atoms with van der Waals surface area (Å²) >= 11 is 1.80. The van der Waals surface area contributed by atoms with Crippen LogP contribution in [0.1, 0.15) is 24.5 Å². The number of halogens is 1. The van der Waals surface area contributed by atoms with E-state index in [1.54, 1.807) is 23.9 Å². The summed E-state index contributed by atoms with van der Waals surface area (Å²) in [6.45, 7) is 2.12. The van der Waals surface area contributed by atoms with Gasteiger partial charge in [0, 0.05) is 5.75 Å². The van der Waals surface area contributed by atoms with Gasteiger partial charge in [-0.3, -0.25) is 0 Å². The van der Waals surface area contributed by atoms with Gasteiger partial charge in [-0.25, -0.2) is 4.39 Å². The van der Waals surface area contributed by atoms with Crippen molar-refractivity contribution in [3.05, 3.63) is 35.1 Å². The first-order valence-electron chi connectivity index (χ1n) is 4.54. The van der Waals surface area contributed by atoms with Gasteiger partial charge >= 0.3 is 0 Å². The second-order valence-electron chi connectivity index (χ2n) is 2.98. The Labute approximate surface area is 87.9 Å². The molecule has 3 heteroatoms. The predicted octanol–water partition coefficient (Wildman–Crippen LogP) is 3.34. The standard InChI is InChI=1S/C11H12FNS/c1-2-5-14-8-9-3-4-11(12)10(6-9)7-13/h3-4,6H,2,5,8H2,1H3. The molecular formula is C11H12FNS. The number of rotatable bonds is 4. The molecule has 0 aliphatic rings. The van der Waals surface area contributed by atoms with Crippen LogP contribution in [0.2, 0.25) is 0 Å². The third-order valence-electron chi connectivity index (χ3n) is 1.77. The first-order chi connectivity index (χ1) is 6.77. The average molecular weight is 209 g/mol. The van der Waals surface area contributed by atoms with Crippen LogP contribution in [0.3, 0.4) is 0 Å². The zero-order valence-corrected chi connectivity index (χ0v) is 8.90. The summed E-state index contributed by atoms with van der Waals surface area (Å²) < 4.78 is 12.9. The Bertz CT molecular complexity index is 344. The lowest BCUT2D eigenvalue weighted by atomic mass is 10.1. The maximum Gasteiger partial charge on any atom is 0.140 e. The van der Waals surface area contributed by atoms with E-state index in [9.17, 15) is 4.39 Å². The molecule has 0 aliphatic carbocycles. The molecule has 0 spiro atoms. The normalized spacial score (nSPS) is 9.79. The minimum atomic E-state index is -0.434. The van der Waals surface area contributed by atoms with E-state index in [1.165, 1.54) is 6.07 Å². The van der Waals surface area contributed by atoms with Crippen molar-refractivity contribution in [2.45, 2.75) is 19.1 Å². The van der Waals surface area contributed by atoms with Crippen LogP contribution >= 0.6 is 11.8 Å². The van der Waals surface area contributed by atoms with Crippen molar-refractivity contribution in [2.24, 2.45) is 0 Å². The molecule has 1 nitrogen and oxygen atoms in total. The largest absolute Gasteiger partial charge is 0.206 e. The Balaban J connectivity index is 2.66. The zero-order chi connectivity index (χ0) is 10.4. The van der Waals surface area contributed by atoms with Gasteiger partial charge < -0.3 is 0 Å². The molecule has 0 amide bonds. The Morgan fingerprint density at radius 1 is 1.50 bits per heavy atom. The van der Waals surface area contributed by atoms with Gasteiger partial charge in [-0.05, 0) is 29.9 Å². The van der Waals surface area contributed by atoms with Crippen molar-refractivity contribution in [2.75, 3.05) is 5.75 Å². The molecule has 0 bridgehead atoms. The maximum absolute atomic E-state index is 12.9. The van der Waals surface area contributed by atoms with E-state index in [-0.39, 0.29) is 5.56 Å². The van der Waals surface area contributed by atoms with Crippen LogP contribution in [0.15, 0.2) is 18.2 Å². The molecule has 14 heavy (non-hydrogen) atoms. The Morgan fingerprint density at radius 2 is 2.29 bits per heavy atom. The SMILES string of the molecule is CCCSCc1ccc(F)c(C#N)c1. The Morgan fingerprint density at radius 3 is 2.93 bits per heavy atom. The molecule has 1 aromatic carbocycles. The third kappa shape index (κ3) is 3.04. The van der Waals surface area contributed by atoms with E-state index in [0.717, 1.165) is 23.5 Å². The molecule has 1 aromatic rings. The summed E-state index contributed by atoms with van der Waals surface area (Å²) in [6, 6.07) is 6.56. The van der Waals surface area contributed by atoms with Gasteiger partial charge in [0.2, 0.25) is 0 Å². The van der Waals surface area contributed by atoms with Crippen LogP contribution in [-0.2, 0) is 5.75 Å². The molecule has 0 aliphatic heterocycles. The van der Waals surface area contributed by atoms with E-state index in [4.69, 9.17) is 5.26 Å². The van der Waals surface area contributed by atoms with Crippen molar-refractivity contribution < 1.29 is 4.39 Å². The molecule has 0 heterocycles. The summed E-state index contributed by atoms with van der Waals surface area (Å²) in [5.74, 6) is 1.51. The zero-order valence-electron chi connectivity index (χ0n) is 8.09. The number of benzene rings is 1. The van der Waals surface area contributed by atoms with E-state index >= 15 is 0 Å². The summed E-state index contributed by atoms with van der Waals surface area (Å²) in [7, 11) is 0. The summed E-state index contributed by atoms with van der Waals surface area (Å²) in [4.78, 5) is 0. The minimum absolute atomic E-state index is 0.139. The van der Waals surface area contributed by atoms with Crippen LogP contribution in [0.25, 0.3) is 0 Å². The van der Waals surface area contributed by atoms with Gasteiger partial charge in [0.1, 0.15) is 11.9 Å². The highest BCUT2D eigenvalue weighted by Crippen LogP contribution is 2.16. The first kappa shape index (κ1) is 11.1. The molecule has 0 atom stereocenters. The fourth-order valence-electron chi connectivity index (χ4n) is 1.08. The maximum atomic E-state index is 12.9. The smallest absolute Gasteiger partial charge is 0.140 e. The van der Waals surface area contributed by atoms with E-state index < -0.39 is 5.82 Å². The van der Waals surface area contributed by atoms with Gasteiger partial charge in [0.15, 0.2) is 0 Å². The second kappa shape index (κ2) is 5.66. The van der Waals surface area contributed by atoms with Gasteiger partial charge in [0.05, 0.1) is 5.56 Å². The molecule has 0 saturated heterocycles. The van der Waals surface area contributed by atoms with Crippen molar-refractivity contribution >= 4 is 11.8 Å². The molecule has 1 rings (SSSR count). The van der Waals surface area contributed by atoms with E-state index in [0.29, 0.717) is 0 Å². The predicted molar refractivity (Wildman–Crippen MR) is 57.6 cm³/mol. The number of thioether (sulfide) groups is 1. The van der Waals surface area contributed by atoms with E-state index in [2.05, 4.69) is 6.92 Å². The van der Waals surface area contributed by atoms with Crippen molar-refractivity contribution in [3.63, 3.8) is 0 Å². The molecule has 0 saturated carbocycles. The van der Waals surface area contributed by atoms with Crippen molar-refractivity contribution in [1.82, 2.24) is 0 Å². The van der Waals surface area contributed by atoms with Crippen LogP contribution in [0, 0.1) is 17.1 Å². The van der Waals surface area contributed by atoms with Crippen LogP contribution in [0.4, 0.5) is 4.39 Å². The van der Waals surface area contributed by atoms with Crippen molar-refractivity contribution in [3.8, 4) is 6.07 Å². The summed E-state index contributed by atoms with van der Waals surface area (Å²) in [5, 5.41) is 8.62. The van der Waals surface area contributed by atoms with Gasteiger partial charge in [0.25, 0.3) is 0 Å². The molecular weight excluding hydrogens is 197 g/mol. The Hall–Kier alpha value is -1.01. The third-order valence-corrected chi connectivity index (χ3v) is 3.00. The van der Waals surface area contributed by atoms with Crippen LogP contribution in [0.5, 0.6) is 0 Å². The van der Waals surface area contributed by atoms with Crippen molar-refractivity contribution in [1.29, 1.82) is 5.26 Å². The molecule has 0 N–H and O–H groups in total. The number of nitrogens with zero attached hydrogens (tertiary/aromatic N) is 1. The quantitative estimate of drug-likeness (QED) is 0.710. The number of hydrogen-bond acceptors (Lipinski definition) is 2. The summed E-state index contributed by atoms with van der Waals surface area (Å²) in [5.41, 5.74) is 1.15. The highest BCUT2D eigenvalue weighted by molar-refractivity contribution is 7.98. The topological polar surface area (TPSA) is 23.8 Å². The summed E-state index contributed by atoms with van der Waals surface area (Å²) in [6.07, 6.45) is 1.14. The van der Waals surface area contributed by atoms with Crippen LogP contribution < -0.4 is 0 Å². The highest BCUT2D eigenvalue weighted by atomic mass is 32.2. The molecule has 0 radical (unpaired) electrons. The van der Waals surface area contributed by atoms with Gasteiger partial charge in [-0.1, -0.05) is 13.0 Å². The van der Waals surface area contributed by atoms with Crippen LogP contribution in [-0.4, -0.2) is 5.75 Å². The lowest BCUT2D eigenvalue weighted by Crippen LogP contribution is -1.88. The lowest BCUT2D eigenvalue weighted by Gasteiger charge is -2.01. The van der Waals surface area contributed by atoms with Gasteiger partial charge in [-0.15, -0.1) is 0 Å².